The molecular formula is C13H15N3O2S. The summed E-state index contributed by atoms with van der Waals surface area (Å²) in [6.45, 7) is 2.18. The molecule has 2 unspecified atom stereocenters. The summed E-state index contributed by atoms with van der Waals surface area (Å²) >= 11 is 1.49. The van der Waals surface area contributed by atoms with Crippen molar-refractivity contribution in [1.29, 1.82) is 5.26 Å². The average Bonchev–Trinajstić information content (AvgIpc) is 2.87. The van der Waals surface area contributed by atoms with Crippen LogP contribution >= 0.6 is 11.3 Å². The highest BCUT2D eigenvalue weighted by atomic mass is 32.1. The summed E-state index contributed by atoms with van der Waals surface area (Å²) in [5.41, 5.74) is 7.42. The lowest BCUT2D eigenvalue weighted by atomic mass is 9.97. The third-order valence-electron chi connectivity index (χ3n) is 3.90. The summed E-state index contributed by atoms with van der Waals surface area (Å²) < 4.78 is 5.13. The maximum Gasteiger partial charge on any atom is 0.410 e. The van der Waals surface area contributed by atoms with E-state index < -0.39 is 0 Å². The summed E-state index contributed by atoms with van der Waals surface area (Å²) in [7, 11) is 0. The van der Waals surface area contributed by atoms with Crippen LogP contribution in [0.3, 0.4) is 0 Å². The van der Waals surface area contributed by atoms with Gasteiger partial charge in [-0.1, -0.05) is 0 Å². The summed E-state index contributed by atoms with van der Waals surface area (Å²) in [5, 5.41) is 9.83. The molecule has 0 aliphatic carbocycles. The van der Waals surface area contributed by atoms with Crippen molar-refractivity contribution in [2.45, 2.75) is 38.3 Å². The van der Waals surface area contributed by atoms with E-state index in [-0.39, 0.29) is 18.2 Å². The maximum absolute atomic E-state index is 12.1. The van der Waals surface area contributed by atoms with Crippen LogP contribution in [0.5, 0.6) is 0 Å². The van der Waals surface area contributed by atoms with E-state index in [0.29, 0.717) is 17.2 Å². The van der Waals surface area contributed by atoms with Gasteiger partial charge in [0, 0.05) is 22.9 Å². The van der Waals surface area contributed by atoms with Gasteiger partial charge in [-0.05, 0) is 19.8 Å². The van der Waals surface area contributed by atoms with Gasteiger partial charge in [0.1, 0.15) is 11.1 Å². The van der Waals surface area contributed by atoms with Gasteiger partial charge < -0.3 is 10.5 Å². The molecule has 2 aliphatic rings. The molecule has 6 heteroatoms. The molecule has 100 valence electrons. The van der Waals surface area contributed by atoms with Gasteiger partial charge in [0.05, 0.1) is 18.2 Å². The minimum absolute atomic E-state index is 0.0315. The Labute approximate surface area is 115 Å². The lowest BCUT2D eigenvalue weighted by molar-refractivity contribution is 0.0842. The summed E-state index contributed by atoms with van der Waals surface area (Å²) in [6.07, 6.45) is 2.38. The third-order valence-corrected chi connectivity index (χ3v) is 4.95. The molecule has 0 aromatic carbocycles. The lowest BCUT2D eigenvalue weighted by Gasteiger charge is -2.33. The zero-order valence-corrected chi connectivity index (χ0v) is 11.5. The highest BCUT2D eigenvalue weighted by molar-refractivity contribution is 7.16. The molecule has 1 saturated heterocycles. The summed E-state index contributed by atoms with van der Waals surface area (Å²) in [5.74, 6) is 0. The largest absolute Gasteiger partial charge is 0.450 e. The normalized spacial score (nSPS) is 23.9. The molecule has 1 fully saturated rings. The topological polar surface area (TPSA) is 79.3 Å². The summed E-state index contributed by atoms with van der Waals surface area (Å²) in [4.78, 5) is 15.0. The predicted octanol–water partition coefficient (Wildman–Crippen LogP) is 2.42. The molecule has 5 nitrogen and oxygen atoms in total. The molecule has 2 bridgehead atoms. The number of amides is 1. The molecule has 2 N–H and O–H groups in total. The standard InChI is InChI=1S/C13H15N3O2S/c1-2-18-13(17)16-7-3-4-9(16)11-8(6-14)12(15)19-10(11)5-7/h7,9H,2-5,15H2,1H3. The van der Waals surface area contributed by atoms with Gasteiger partial charge in [0.15, 0.2) is 0 Å². The number of rotatable bonds is 1. The third kappa shape index (κ3) is 1.69. The monoisotopic (exact) mass is 277 g/mol. The van der Waals surface area contributed by atoms with E-state index in [0.717, 1.165) is 24.8 Å². The maximum atomic E-state index is 12.1. The Morgan fingerprint density at radius 1 is 1.63 bits per heavy atom. The number of carbonyl (C=O) groups is 1. The first-order chi connectivity index (χ1) is 9.17. The van der Waals surface area contributed by atoms with Crippen LogP contribution in [0.25, 0.3) is 0 Å². The molecule has 19 heavy (non-hydrogen) atoms. The highest BCUT2D eigenvalue weighted by Crippen LogP contribution is 2.49. The number of nitrogen functional groups attached to an aromatic ring is 1. The zero-order valence-electron chi connectivity index (χ0n) is 10.7. The van der Waals surface area contributed by atoms with Gasteiger partial charge in [0.25, 0.3) is 0 Å². The van der Waals surface area contributed by atoms with Gasteiger partial charge in [-0.3, -0.25) is 4.90 Å². The fourth-order valence-electron chi connectivity index (χ4n) is 3.19. The number of nitriles is 1. The first-order valence-electron chi connectivity index (χ1n) is 6.43. The van der Waals surface area contributed by atoms with Crippen molar-refractivity contribution in [3.8, 4) is 6.07 Å². The van der Waals surface area contributed by atoms with Crippen molar-refractivity contribution in [3.05, 3.63) is 16.0 Å². The molecule has 0 radical (unpaired) electrons. The van der Waals surface area contributed by atoms with Crippen molar-refractivity contribution in [2.75, 3.05) is 12.3 Å². The first-order valence-corrected chi connectivity index (χ1v) is 7.25. The van der Waals surface area contributed by atoms with Crippen LogP contribution in [0.15, 0.2) is 0 Å². The fraction of sp³-hybridized carbons (Fsp3) is 0.538. The smallest absolute Gasteiger partial charge is 0.410 e. The highest BCUT2D eigenvalue weighted by Gasteiger charge is 2.45. The van der Waals surface area contributed by atoms with Gasteiger partial charge in [0.2, 0.25) is 0 Å². The van der Waals surface area contributed by atoms with Gasteiger partial charge in [-0.25, -0.2) is 4.79 Å². The van der Waals surface area contributed by atoms with Crippen LogP contribution in [0.4, 0.5) is 9.80 Å². The predicted molar refractivity (Wildman–Crippen MR) is 71.8 cm³/mol. The Bertz CT molecular complexity index is 575. The number of nitrogens with zero attached hydrogens (tertiary/aromatic N) is 2. The number of hydrogen-bond acceptors (Lipinski definition) is 5. The molecule has 3 rings (SSSR count). The Kier molecular flexibility index (Phi) is 2.86. The van der Waals surface area contributed by atoms with Crippen molar-refractivity contribution in [1.82, 2.24) is 4.90 Å². The Balaban J connectivity index is 2.03. The van der Waals surface area contributed by atoms with Crippen LogP contribution in [0.2, 0.25) is 0 Å². The second-order valence-corrected chi connectivity index (χ2v) is 5.98. The molecule has 1 aromatic heterocycles. The second kappa shape index (κ2) is 4.42. The van der Waals surface area contributed by atoms with Crippen LogP contribution in [0, 0.1) is 11.3 Å². The van der Waals surface area contributed by atoms with E-state index in [1.54, 1.807) is 11.8 Å². The van der Waals surface area contributed by atoms with E-state index in [4.69, 9.17) is 10.5 Å². The van der Waals surface area contributed by atoms with Crippen molar-refractivity contribution < 1.29 is 9.53 Å². The van der Waals surface area contributed by atoms with Crippen LogP contribution < -0.4 is 5.73 Å². The van der Waals surface area contributed by atoms with Crippen LogP contribution in [0.1, 0.15) is 41.8 Å². The minimum atomic E-state index is -0.269. The van der Waals surface area contributed by atoms with Crippen LogP contribution in [-0.4, -0.2) is 23.6 Å². The second-order valence-electron chi connectivity index (χ2n) is 4.85. The average molecular weight is 277 g/mol. The molecule has 3 heterocycles. The molecule has 2 atom stereocenters. The Morgan fingerprint density at radius 2 is 2.42 bits per heavy atom. The lowest BCUT2D eigenvalue weighted by Crippen LogP contribution is -2.41. The molecule has 0 saturated carbocycles. The molecular weight excluding hydrogens is 262 g/mol. The fourth-order valence-corrected chi connectivity index (χ4v) is 4.33. The van der Waals surface area contributed by atoms with E-state index >= 15 is 0 Å². The minimum Gasteiger partial charge on any atom is -0.450 e. The van der Waals surface area contributed by atoms with Crippen LogP contribution in [-0.2, 0) is 11.2 Å². The van der Waals surface area contributed by atoms with E-state index in [1.165, 1.54) is 16.2 Å². The number of carbonyl (C=O) groups excluding carboxylic acids is 1. The molecule has 2 aliphatic heterocycles. The van der Waals surface area contributed by atoms with Crippen molar-refractivity contribution in [3.63, 3.8) is 0 Å². The molecule has 1 aromatic rings. The van der Waals surface area contributed by atoms with Gasteiger partial charge >= 0.3 is 6.09 Å². The number of thiophene rings is 1. The summed E-state index contributed by atoms with van der Waals surface area (Å²) in [6, 6.07) is 2.35. The molecule has 0 spiro atoms. The number of nitrogens with two attached hydrogens (primary N) is 1. The number of hydrogen-bond donors (Lipinski definition) is 1. The zero-order chi connectivity index (χ0) is 13.6. The van der Waals surface area contributed by atoms with E-state index in [1.807, 2.05) is 0 Å². The number of fused-ring (bicyclic) bond motifs is 4. The van der Waals surface area contributed by atoms with E-state index in [9.17, 15) is 10.1 Å². The van der Waals surface area contributed by atoms with Gasteiger partial charge in [-0.15, -0.1) is 11.3 Å². The Morgan fingerprint density at radius 3 is 3.11 bits per heavy atom. The SMILES string of the molecule is CCOC(=O)N1C2CCC1c1c(sc(N)c1C#N)C2. The quantitative estimate of drug-likeness (QED) is 0.855. The number of anilines is 1. The van der Waals surface area contributed by atoms with Crippen molar-refractivity contribution >= 4 is 22.4 Å². The molecule has 1 amide bonds. The van der Waals surface area contributed by atoms with E-state index in [2.05, 4.69) is 6.07 Å². The van der Waals surface area contributed by atoms with Crippen molar-refractivity contribution in [2.24, 2.45) is 0 Å². The Hall–Kier alpha value is -1.74. The first kappa shape index (κ1) is 12.3. The number of ether oxygens (including phenoxy) is 1. The van der Waals surface area contributed by atoms with Gasteiger partial charge in [-0.2, -0.15) is 5.26 Å².